The minimum Gasteiger partial charge on any atom is -0.497 e. The Bertz CT molecular complexity index is 1230. The van der Waals surface area contributed by atoms with Gasteiger partial charge in [0.15, 0.2) is 0 Å². The van der Waals surface area contributed by atoms with Crippen LogP contribution in [-0.2, 0) is 21.0 Å². The molecule has 4 bridgehead atoms. The molecule has 3 saturated carbocycles. The van der Waals surface area contributed by atoms with Crippen LogP contribution in [0.5, 0.6) is 5.75 Å². The van der Waals surface area contributed by atoms with Crippen molar-refractivity contribution in [1.29, 1.82) is 0 Å². The molecular formula is C32H40N2O2. The first kappa shape index (κ1) is 22.0. The molecule has 7 aliphatic rings. The molecule has 5 unspecified atom stereocenters. The SMILES string of the molecule is COc1ccc2c(c1)C13CC4(Nc5ccc(C(C)(C)C)cc5)CCC1(OC4)C1N(CC4CC4)CC21C3. The van der Waals surface area contributed by atoms with Crippen LogP contribution < -0.4 is 10.1 Å². The highest BCUT2D eigenvalue weighted by molar-refractivity contribution is 5.63. The third-order valence-electron chi connectivity index (χ3n) is 11.1. The molecule has 0 aromatic heterocycles. The maximum atomic E-state index is 7.21. The first-order valence-corrected chi connectivity index (χ1v) is 14.2. The fourth-order valence-corrected chi connectivity index (χ4v) is 9.51. The van der Waals surface area contributed by atoms with Crippen molar-refractivity contribution in [2.24, 2.45) is 5.92 Å². The van der Waals surface area contributed by atoms with Crippen molar-refractivity contribution in [1.82, 2.24) is 4.90 Å². The fraction of sp³-hybridized carbons (Fsp3) is 0.625. The smallest absolute Gasteiger partial charge is 0.119 e. The van der Waals surface area contributed by atoms with Crippen molar-refractivity contribution in [2.45, 2.75) is 92.7 Å². The third-order valence-corrected chi connectivity index (χ3v) is 11.1. The van der Waals surface area contributed by atoms with Crippen molar-refractivity contribution in [3.8, 4) is 5.75 Å². The Morgan fingerprint density at radius 2 is 1.83 bits per heavy atom. The van der Waals surface area contributed by atoms with Crippen LogP contribution in [0, 0.1) is 5.92 Å². The number of hydrogen-bond acceptors (Lipinski definition) is 4. The van der Waals surface area contributed by atoms with Gasteiger partial charge in [-0.15, -0.1) is 0 Å². The lowest BCUT2D eigenvalue weighted by molar-refractivity contribution is -0.231. The number of rotatable bonds is 5. The Hall–Kier alpha value is -2.04. The fourth-order valence-electron chi connectivity index (χ4n) is 9.51. The lowest BCUT2D eigenvalue weighted by atomic mass is 9.51. The molecule has 5 atom stereocenters. The molecule has 3 saturated heterocycles. The molecule has 2 aromatic carbocycles. The highest BCUT2D eigenvalue weighted by Gasteiger charge is 2.84. The molecule has 4 nitrogen and oxygen atoms in total. The summed E-state index contributed by atoms with van der Waals surface area (Å²) in [6.45, 7) is 10.2. The van der Waals surface area contributed by atoms with Gasteiger partial charge >= 0.3 is 0 Å². The predicted octanol–water partition coefficient (Wildman–Crippen LogP) is 5.78. The molecule has 9 rings (SSSR count). The minimum atomic E-state index is -0.0426. The summed E-state index contributed by atoms with van der Waals surface area (Å²) in [6, 6.07) is 16.7. The van der Waals surface area contributed by atoms with Gasteiger partial charge in [0.2, 0.25) is 0 Å². The zero-order chi connectivity index (χ0) is 24.6. The van der Waals surface area contributed by atoms with Gasteiger partial charge in [0.1, 0.15) is 5.75 Å². The van der Waals surface area contributed by atoms with Gasteiger partial charge < -0.3 is 14.8 Å². The number of benzene rings is 2. The van der Waals surface area contributed by atoms with Crippen LogP contribution in [0.1, 0.15) is 76.0 Å². The van der Waals surface area contributed by atoms with E-state index in [2.05, 4.69) is 73.5 Å². The zero-order valence-corrected chi connectivity index (χ0v) is 22.3. The van der Waals surface area contributed by atoms with Gasteiger partial charge in [0.05, 0.1) is 30.9 Å². The van der Waals surface area contributed by atoms with Crippen LogP contribution in [0.4, 0.5) is 5.69 Å². The van der Waals surface area contributed by atoms with Crippen molar-refractivity contribution in [2.75, 3.05) is 32.1 Å². The molecule has 0 radical (unpaired) electrons. The summed E-state index contributed by atoms with van der Waals surface area (Å²) in [5, 5.41) is 4.04. The summed E-state index contributed by atoms with van der Waals surface area (Å²) in [4.78, 5) is 2.84. The number of nitrogens with one attached hydrogen (secondary N) is 1. The Morgan fingerprint density at radius 1 is 1.03 bits per heavy atom. The number of ether oxygens (including phenoxy) is 2. The highest BCUT2D eigenvalue weighted by Crippen LogP contribution is 2.77. The Kier molecular flexibility index (Phi) is 4.08. The average Bonchev–Trinajstić information content (AvgIpc) is 3.59. The van der Waals surface area contributed by atoms with Gasteiger partial charge in [0.25, 0.3) is 0 Å². The van der Waals surface area contributed by atoms with E-state index >= 15 is 0 Å². The van der Waals surface area contributed by atoms with E-state index in [0.717, 1.165) is 31.1 Å². The molecule has 2 aromatic rings. The lowest BCUT2D eigenvalue weighted by Gasteiger charge is -2.68. The molecule has 6 fully saturated rings. The average molecular weight is 485 g/mol. The van der Waals surface area contributed by atoms with Gasteiger partial charge in [-0.1, -0.05) is 39.0 Å². The Labute approximate surface area is 215 Å². The van der Waals surface area contributed by atoms with Gasteiger partial charge in [-0.2, -0.15) is 0 Å². The van der Waals surface area contributed by atoms with E-state index in [1.165, 1.54) is 55.6 Å². The van der Waals surface area contributed by atoms with E-state index in [0.29, 0.717) is 6.04 Å². The quantitative estimate of drug-likeness (QED) is 0.583. The molecule has 190 valence electrons. The van der Waals surface area contributed by atoms with Crippen molar-refractivity contribution in [3.63, 3.8) is 0 Å². The second-order valence-corrected chi connectivity index (χ2v) is 14.2. The van der Waals surface area contributed by atoms with E-state index in [1.807, 2.05) is 0 Å². The van der Waals surface area contributed by atoms with Crippen LogP contribution in [-0.4, -0.2) is 48.9 Å². The second kappa shape index (κ2) is 6.69. The monoisotopic (exact) mass is 484 g/mol. The number of anilines is 1. The summed E-state index contributed by atoms with van der Waals surface area (Å²) in [5.74, 6) is 1.92. The van der Waals surface area contributed by atoms with Crippen LogP contribution in [0.2, 0.25) is 0 Å². The summed E-state index contributed by atoms with van der Waals surface area (Å²) in [6.07, 6.45) is 7.61. The molecule has 3 heterocycles. The van der Waals surface area contributed by atoms with Crippen LogP contribution in [0.3, 0.4) is 0 Å². The largest absolute Gasteiger partial charge is 0.497 e. The van der Waals surface area contributed by atoms with E-state index in [-0.39, 0.29) is 27.4 Å². The highest BCUT2D eigenvalue weighted by atomic mass is 16.5. The van der Waals surface area contributed by atoms with Crippen LogP contribution >= 0.6 is 0 Å². The Balaban J connectivity index is 1.19. The first-order chi connectivity index (χ1) is 17.2. The molecular weight excluding hydrogens is 444 g/mol. The number of methoxy groups -OCH3 is 1. The number of fused-ring (bicyclic) bond motifs is 3. The predicted molar refractivity (Wildman–Crippen MR) is 143 cm³/mol. The third kappa shape index (κ3) is 2.58. The first-order valence-electron chi connectivity index (χ1n) is 14.2. The topological polar surface area (TPSA) is 33.7 Å². The van der Waals surface area contributed by atoms with Crippen molar-refractivity contribution >= 4 is 5.69 Å². The molecule has 4 aliphatic carbocycles. The van der Waals surface area contributed by atoms with Crippen molar-refractivity contribution < 1.29 is 9.47 Å². The Morgan fingerprint density at radius 3 is 2.50 bits per heavy atom. The summed E-state index contributed by atoms with van der Waals surface area (Å²) < 4.78 is 13.0. The molecule has 1 N–H and O–H groups in total. The van der Waals surface area contributed by atoms with Gasteiger partial charge in [-0.05, 0) is 90.8 Å². The van der Waals surface area contributed by atoms with Crippen molar-refractivity contribution in [3.05, 3.63) is 59.2 Å². The van der Waals surface area contributed by atoms with Gasteiger partial charge in [-0.3, -0.25) is 4.90 Å². The maximum Gasteiger partial charge on any atom is 0.119 e. The van der Waals surface area contributed by atoms with E-state index in [9.17, 15) is 0 Å². The van der Waals surface area contributed by atoms with E-state index in [4.69, 9.17) is 9.47 Å². The van der Waals surface area contributed by atoms with E-state index < -0.39 is 0 Å². The second-order valence-electron chi connectivity index (χ2n) is 14.2. The zero-order valence-electron chi connectivity index (χ0n) is 22.3. The number of hydrogen-bond donors (Lipinski definition) is 1. The van der Waals surface area contributed by atoms with Crippen LogP contribution in [0.25, 0.3) is 0 Å². The van der Waals surface area contributed by atoms with Gasteiger partial charge in [-0.25, -0.2) is 0 Å². The minimum absolute atomic E-state index is 0.0119. The molecule has 36 heavy (non-hydrogen) atoms. The summed E-state index contributed by atoms with van der Waals surface area (Å²) >= 11 is 0. The maximum absolute atomic E-state index is 7.21. The summed E-state index contributed by atoms with van der Waals surface area (Å²) in [7, 11) is 1.80. The molecule has 3 spiro atoms. The standard InChI is InChI=1S/C32H40N2O2/c1-28(2,3)22-7-9-23(10-8-22)33-29-13-14-32(36-20-29)27-30(19-34(27)16-21-5-6-21)18-31(32,17-29)26-15-24(35-4)11-12-25(26)30/h7-12,15,21,27,33H,5-6,13-14,16-20H2,1-4H3. The molecule has 0 amide bonds. The normalized spacial score (nSPS) is 39.8. The molecule has 4 heteroatoms. The number of likely N-dealkylation sites (tertiary alicyclic amines) is 1. The van der Waals surface area contributed by atoms with E-state index in [1.54, 1.807) is 12.7 Å². The van der Waals surface area contributed by atoms with Crippen LogP contribution in [0.15, 0.2) is 42.5 Å². The number of nitrogens with zero attached hydrogens (tertiary/aromatic N) is 1. The van der Waals surface area contributed by atoms with Gasteiger partial charge in [0, 0.05) is 29.6 Å². The molecule has 3 aliphatic heterocycles. The lowest BCUT2D eigenvalue weighted by Crippen LogP contribution is -2.79. The summed E-state index contributed by atoms with van der Waals surface area (Å²) in [5.41, 5.74) is 6.22.